The van der Waals surface area contributed by atoms with Crippen LogP contribution in [0.5, 0.6) is 0 Å². The number of nitrogens with two attached hydrogens (primary N) is 1. The SMILES string of the molecule is Cc1cc(N2CCCC[C@@H]2Cn2nc(C)nc2C)nc(N)n1. The highest BCUT2D eigenvalue weighted by Crippen LogP contribution is 2.25. The van der Waals surface area contributed by atoms with E-state index >= 15 is 0 Å². The Kier molecular flexibility index (Phi) is 3.96. The molecule has 0 saturated carbocycles. The highest BCUT2D eigenvalue weighted by atomic mass is 15.4. The van der Waals surface area contributed by atoms with Gasteiger partial charge in [0.2, 0.25) is 5.95 Å². The standard InChI is InChI=1S/C15H23N7/c1-10-8-14(19-15(16)17-10)21-7-5-4-6-13(21)9-22-12(3)18-11(2)20-22/h8,13H,4-7,9H2,1-3H3,(H2,16,17,19)/t13-/m1/s1. The van der Waals surface area contributed by atoms with Crippen molar-refractivity contribution >= 4 is 11.8 Å². The maximum Gasteiger partial charge on any atom is 0.222 e. The van der Waals surface area contributed by atoms with Crippen molar-refractivity contribution in [1.29, 1.82) is 0 Å². The van der Waals surface area contributed by atoms with Gasteiger partial charge in [0, 0.05) is 18.3 Å². The lowest BCUT2D eigenvalue weighted by Crippen LogP contribution is -2.43. The van der Waals surface area contributed by atoms with Crippen LogP contribution in [0.2, 0.25) is 0 Å². The van der Waals surface area contributed by atoms with Crippen molar-refractivity contribution in [2.24, 2.45) is 0 Å². The van der Waals surface area contributed by atoms with Crippen LogP contribution in [-0.2, 0) is 6.54 Å². The molecule has 0 unspecified atom stereocenters. The van der Waals surface area contributed by atoms with Gasteiger partial charge in [-0.2, -0.15) is 10.1 Å². The van der Waals surface area contributed by atoms with Gasteiger partial charge in [-0.25, -0.2) is 14.6 Å². The van der Waals surface area contributed by atoms with Crippen LogP contribution in [-0.4, -0.2) is 37.3 Å². The van der Waals surface area contributed by atoms with E-state index in [0.29, 0.717) is 12.0 Å². The Morgan fingerprint density at radius 3 is 2.68 bits per heavy atom. The first kappa shape index (κ1) is 14.7. The third-order valence-electron chi connectivity index (χ3n) is 4.13. The number of hydrogen-bond donors (Lipinski definition) is 1. The Labute approximate surface area is 130 Å². The molecule has 1 aliphatic rings. The topological polar surface area (TPSA) is 85.8 Å². The van der Waals surface area contributed by atoms with E-state index in [1.54, 1.807) is 0 Å². The summed E-state index contributed by atoms with van der Waals surface area (Å²) in [6.45, 7) is 7.70. The molecule has 3 rings (SSSR count). The molecule has 2 aromatic heterocycles. The van der Waals surface area contributed by atoms with Gasteiger partial charge in [0.05, 0.1) is 12.6 Å². The summed E-state index contributed by atoms with van der Waals surface area (Å²) in [6.07, 6.45) is 3.53. The van der Waals surface area contributed by atoms with E-state index in [4.69, 9.17) is 5.73 Å². The second-order valence-electron chi connectivity index (χ2n) is 5.96. The third-order valence-corrected chi connectivity index (χ3v) is 4.13. The smallest absolute Gasteiger partial charge is 0.222 e. The van der Waals surface area contributed by atoms with Gasteiger partial charge in [-0.3, -0.25) is 0 Å². The van der Waals surface area contributed by atoms with Crippen molar-refractivity contribution < 1.29 is 0 Å². The fraction of sp³-hybridized carbons (Fsp3) is 0.600. The average Bonchev–Trinajstić information content (AvgIpc) is 2.76. The van der Waals surface area contributed by atoms with Crippen LogP contribution in [0.25, 0.3) is 0 Å². The molecular weight excluding hydrogens is 278 g/mol. The Balaban J connectivity index is 1.86. The number of hydrogen-bond acceptors (Lipinski definition) is 6. The van der Waals surface area contributed by atoms with Crippen molar-refractivity contribution in [3.05, 3.63) is 23.4 Å². The molecule has 0 bridgehead atoms. The van der Waals surface area contributed by atoms with E-state index < -0.39 is 0 Å². The Bertz CT molecular complexity index is 644. The van der Waals surface area contributed by atoms with E-state index in [0.717, 1.165) is 42.7 Å². The van der Waals surface area contributed by atoms with Gasteiger partial charge in [-0.05, 0) is 40.0 Å². The van der Waals surface area contributed by atoms with Crippen LogP contribution in [0.1, 0.15) is 36.6 Å². The highest BCUT2D eigenvalue weighted by molar-refractivity contribution is 5.44. The monoisotopic (exact) mass is 301 g/mol. The minimum atomic E-state index is 0.340. The molecule has 0 amide bonds. The van der Waals surface area contributed by atoms with Crippen LogP contribution in [0.3, 0.4) is 0 Å². The lowest BCUT2D eigenvalue weighted by atomic mass is 10.0. The van der Waals surface area contributed by atoms with Gasteiger partial charge in [0.1, 0.15) is 17.5 Å². The first-order valence-electron chi connectivity index (χ1n) is 7.79. The van der Waals surface area contributed by atoms with Crippen molar-refractivity contribution in [1.82, 2.24) is 24.7 Å². The number of aromatic nitrogens is 5. The van der Waals surface area contributed by atoms with Gasteiger partial charge in [0.15, 0.2) is 0 Å². The van der Waals surface area contributed by atoms with E-state index in [1.807, 2.05) is 31.5 Å². The molecule has 7 nitrogen and oxygen atoms in total. The molecule has 118 valence electrons. The predicted molar refractivity (Wildman–Crippen MR) is 85.7 cm³/mol. The highest BCUT2D eigenvalue weighted by Gasteiger charge is 2.25. The molecule has 0 aliphatic carbocycles. The fourth-order valence-corrected chi connectivity index (χ4v) is 3.15. The van der Waals surface area contributed by atoms with Crippen molar-refractivity contribution in [3.8, 4) is 0 Å². The summed E-state index contributed by atoms with van der Waals surface area (Å²) < 4.78 is 2.00. The van der Waals surface area contributed by atoms with Crippen molar-refractivity contribution in [2.45, 2.75) is 52.6 Å². The van der Waals surface area contributed by atoms with Crippen LogP contribution < -0.4 is 10.6 Å². The Morgan fingerprint density at radius 1 is 1.18 bits per heavy atom. The molecule has 1 fully saturated rings. The van der Waals surface area contributed by atoms with E-state index in [2.05, 4.69) is 25.0 Å². The molecule has 7 heteroatoms. The lowest BCUT2D eigenvalue weighted by molar-refractivity contribution is 0.392. The van der Waals surface area contributed by atoms with Gasteiger partial charge in [-0.1, -0.05) is 0 Å². The minimum Gasteiger partial charge on any atom is -0.368 e. The van der Waals surface area contributed by atoms with Crippen molar-refractivity contribution in [3.63, 3.8) is 0 Å². The Morgan fingerprint density at radius 2 is 2.00 bits per heavy atom. The summed E-state index contributed by atoms with van der Waals surface area (Å²) >= 11 is 0. The molecule has 2 aromatic rings. The van der Waals surface area contributed by atoms with Crippen LogP contribution in [0.4, 0.5) is 11.8 Å². The molecule has 22 heavy (non-hydrogen) atoms. The van der Waals surface area contributed by atoms with Crippen LogP contribution in [0.15, 0.2) is 6.07 Å². The minimum absolute atomic E-state index is 0.340. The Hall–Kier alpha value is -2.18. The van der Waals surface area contributed by atoms with Gasteiger partial charge in [0.25, 0.3) is 0 Å². The van der Waals surface area contributed by atoms with E-state index in [-0.39, 0.29) is 0 Å². The number of aryl methyl sites for hydroxylation is 3. The quantitative estimate of drug-likeness (QED) is 0.927. The lowest BCUT2D eigenvalue weighted by Gasteiger charge is -2.36. The molecular formula is C15H23N7. The molecule has 0 radical (unpaired) electrons. The van der Waals surface area contributed by atoms with Gasteiger partial charge < -0.3 is 10.6 Å². The van der Waals surface area contributed by atoms with E-state index in [1.165, 1.54) is 12.8 Å². The predicted octanol–water partition coefficient (Wildman–Crippen LogP) is 1.63. The second kappa shape index (κ2) is 5.90. The molecule has 1 atom stereocenters. The van der Waals surface area contributed by atoms with E-state index in [9.17, 15) is 0 Å². The van der Waals surface area contributed by atoms with Gasteiger partial charge in [-0.15, -0.1) is 0 Å². The summed E-state index contributed by atoms with van der Waals surface area (Å²) in [5, 5.41) is 4.49. The third kappa shape index (κ3) is 3.03. The summed E-state index contributed by atoms with van der Waals surface area (Å²) in [5.74, 6) is 3.04. The number of anilines is 2. The maximum absolute atomic E-state index is 5.82. The maximum atomic E-state index is 5.82. The molecule has 1 aliphatic heterocycles. The number of rotatable bonds is 3. The second-order valence-corrected chi connectivity index (χ2v) is 5.96. The van der Waals surface area contributed by atoms with Gasteiger partial charge >= 0.3 is 0 Å². The molecule has 0 aromatic carbocycles. The molecule has 0 spiro atoms. The van der Waals surface area contributed by atoms with Crippen LogP contribution in [0, 0.1) is 20.8 Å². The summed E-state index contributed by atoms with van der Waals surface area (Å²) in [6, 6.07) is 2.37. The molecule has 1 saturated heterocycles. The molecule has 2 N–H and O–H groups in total. The first-order chi connectivity index (χ1) is 10.5. The zero-order chi connectivity index (χ0) is 15.7. The normalized spacial score (nSPS) is 18.7. The van der Waals surface area contributed by atoms with Crippen molar-refractivity contribution in [2.75, 3.05) is 17.2 Å². The summed E-state index contributed by atoms with van der Waals surface area (Å²) in [4.78, 5) is 15.3. The fourth-order valence-electron chi connectivity index (χ4n) is 3.15. The largest absolute Gasteiger partial charge is 0.368 e. The van der Waals surface area contributed by atoms with Crippen LogP contribution >= 0.6 is 0 Å². The molecule has 3 heterocycles. The first-order valence-corrected chi connectivity index (χ1v) is 7.79. The number of nitrogen functional groups attached to an aromatic ring is 1. The zero-order valence-electron chi connectivity index (χ0n) is 13.5. The number of nitrogens with zero attached hydrogens (tertiary/aromatic N) is 6. The number of piperidine rings is 1. The average molecular weight is 301 g/mol. The zero-order valence-corrected chi connectivity index (χ0v) is 13.5. The summed E-state index contributed by atoms with van der Waals surface area (Å²) in [7, 11) is 0. The summed E-state index contributed by atoms with van der Waals surface area (Å²) in [5.41, 5.74) is 6.72.